The van der Waals surface area contributed by atoms with Crippen molar-refractivity contribution in [2.75, 3.05) is 11.1 Å². The number of rotatable bonds is 3. The van der Waals surface area contributed by atoms with Gasteiger partial charge in [0.15, 0.2) is 0 Å². The summed E-state index contributed by atoms with van der Waals surface area (Å²) in [5.74, 6) is -0.194. The van der Waals surface area contributed by atoms with Crippen LogP contribution in [0.4, 0.5) is 5.69 Å². The Labute approximate surface area is 109 Å². The normalized spacial score (nSPS) is 22.7. The second-order valence-electron chi connectivity index (χ2n) is 4.37. The van der Waals surface area contributed by atoms with E-state index in [1.807, 2.05) is 6.92 Å². The molecule has 1 aliphatic rings. The molecule has 0 aromatic carbocycles. The number of carbonyl (C=O) groups excluding carboxylic acids is 1. The Balaban J connectivity index is 2.11. The summed E-state index contributed by atoms with van der Waals surface area (Å²) in [6.45, 7) is 1.92. The summed E-state index contributed by atoms with van der Waals surface area (Å²) in [6.07, 6.45) is 3.26. The van der Waals surface area contributed by atoms with Crippen LogP contribution in [0.2, 0.25) is 0 Å². The fraction of sp³-hybridized carbons (Fsp3) is 0.417. The van der Waals surface area contributed by atoms with Gasteiger partial charge < -0.3 is 10.4 Å². The number of carbonyl (C=O) groups is 2. The smallest absolute Gasteiger partial charge is 0.354 e. The molecule has 1 saturated heterocycles. The Morgan fingerprint density at radius 1 is 1.56 bits per heavy atom. The molecule has 0 radical (unpaired) electrons. The lowest BCUT2D eigenvalue weighted by Crippen LogP contribution is -2.34. The van der Waals surface area contributed by atoms with Crippen molar-refractivity contribution in [1.29, 1.82) is 0 Å². The maximum absolute atomic E-state index is 12.1. The first kappa shape index (κ1) is 12.9. The van der Waals surface area contributed by atoms with Gasteiger partial charge in [0.1, 0.15) is 5.69 Å². The Bertz CT molecular complexity index is 484. The van der Waals surface area contributed by atoms with E-state index < -0.39 is 10.7 Å². The first-order chi connectivity index (χ1) is 8.51. The van der Waals surface area contributed by atoms with E-state index in [0.29, 0.717) is 5.69 Å². The van der Waals surface area contributed by atoms with Gasteiger partial charge in [-0.05, 0) is 37.7 Å². The number of carboxylic acid groups (broad SMARTS) is 1. The number of aromatic nitrogens is 1. The molecule has 1 unspecified atom stereocenters. The number of carboxylic acids is 1. The molecule has 2 rings (SSSR count). The molecule has 0 saturated carbocycles. The van der Waals surface area contributed by atoms with Crippen LogP contribution < -0.4 is 5.32 Å². The SMILES string of the molecule is CC1(C(=O)Nc2ccnc(C(=O)O)c2)CCCS1. The molecule has 2 N–H and O–H groups in total. The molecule has 18 heavy (non-hydrogen) atoms. The van der Waals surface area contributed by atoms with E-state index in [0.717, 1.165) is 18.6 Å². The fourth-order valence-electron chi connectivity index (χ4n) is 1.85. The molecule has 2 heterocycles. The van der Waals surface area contributed by atoms with E-state index >= 15 is 0 Å². The lowest BCUT2D eigenvalue weighted by Gasteiger charge is -2.21. The van der Waals surface area contributed by atoms with E-state index in [1.54, 1.807) is 17.8 Å². The van der Waals surface area contributed by atoms with Gasteiger partial charge in [-0.2, -0.15) is 0 Å². The van der Waals surface area contributed by atoms with E-state index in [2.05, 4.69) is 10.3 Å². The molecule has 1 atom stereocenters. The standard InChI is InChI=1S/C12H14N2O3S/c1-12(4-2-6-18-12)11(17)14-8-3-5-13-9(7-8)10(15)16/h3,5,7H,2,4,6H2,1H3,(H,15,16)(H,13,14,17). The Morgan fingerprint density at radius 3 is 2.94 bits per heavy atom. The number of amides is 1. The molecule has 6 heteroatoms. The van der Waals surface area contributed by atoms with Gasteiger partial charge in [0.05, 0.1) is 4.75 Å². The summed E-state index contributed by atoms with van der Waals surface area (Å²) < 4.78 is -0.410. The van der Waals surface area contributed by atoms with Crippen molar-refractivity contribution >= 4 is 29.3 Å². The zero-order valence-electron chi connectivity index (χ0n) is 9.97. The molecule has 96 valence electrons. The van der Waals surface area contributed by atoms with Crippen molar-refractivity contribution in [2.24, 2.45) is 0 Å². The fourth-order valence-corrected chi connectivity index (χ4v) is 3.06. The van der Waals surface area contributed by atoms with Crippen molar-refractivity contribution in [1.82, 2.24) is 4.98 Å². The lowest BCUT2D eigenvalue weighted by atomic mass is 10.0. The minimum absolute atomic E-state index is 0.0722. The van der Waals surface area contributed by atoms with Gasteiger partial charge in [-0.3, -0.25) is 4.79 Å². The van der Waals surface area contributed by atoms with Gasteiger partial charge in [-0.1, -0.05) is 0 Å². The molecule has 0 spiro atoms. The molecular weight excluding hydrogens is 252 g/mol. The number of anilines is 1. The summed E-state index contributed by atoms with van der Waals surface area (Å²) in [5, 5.41) is 11.6. The number of hydrogen-bond acceptors (Lipinski definition) is 4. The third-order valence-corrected chi connectivity index (χ3v) is 4.46. The second kappa shape index (κ2) is 4.97. The predicted octanol–water partition coefficient (Wildman–Crippen LogP) is 2.00. The first-order valence-electron chi connectivity index (χ1n) is 5.66. The maximum atomic E-state index is 12.1. The monoisotopic (exact) mass is 266 g/mol. The zero-order chi connectivity index (χ0) is 13.2. The summed E-state index contributed by atoms with van der Waals surface area (Å²) in [6, 6.07) is 2.95. The minimum atomic E-state index is -1.10. The molecule has 1 aromatic rings. The third kappa shape index (κ3) is 2.64. The number of nitrogens with one attached hydrogen (secondary N) is 1. The van der Waals surface area contributed by atoms with E-state index in [-0.39, 0.29) is 11.6 Å². The molecular formula is C12H14N2O3S. The van der Waals surface area contributed by atoms with Crippen LogP contribution in [-0.4, -0.2) is 32.5 Å². The molecule has 1 amide bonds. The van der Waals surface area contributed by atoms with Crippen LogP contribution in [0.15, 0.2) is 18.3 Å². The highest BCUT2D eigenvalue weighted by Crippen LogP contribution is 2.38. The van der Waals surface area contributed by atoms with E-state index in [9.17, 15) is 9.59 Å². The summed E-state index contributed by atoms with van der Waals surface area (Å²) >= 11 is 1.64. The Kier molecular flexibility index (Phi) is 3.56. The van der Waals surface area contributed by atoms with Crippen molar-refractivity contribution in [2.45, 2.75) is 24.5 Å². The van der Waals surface area contributed by atoms with Gasteiger partial charge in [-0.25, -0.2) is 9.78 Å². The number of thioether (sulfide) groups is 1. The summed E-state index contributed by atoms with van der Waals surface area (Å²) in [7, 11) is 0. The molecule has 1 aromatic heterocycles. The first-order valence-corrected chi connectivity index (χ1v) is 6.64. The van der Waals surface area contributed by atoms with Gasteiger partial charge >= 0.3 is 5.97 Å². The van der Waals surface area contributed by atoms with Crippen molar-refractivity contribution in [3.05, 3.63) is 24.0 Å². The third-order valence-electron chi connectivity index (χ3n) is 2.94. The highest BCUT2D eigenvalue weighted by Gasteiger charge is 2.37. The largest absolute Gasteiger partial charge is 0.477 e. The highest BCUT2D eigenvalue weighted by atomic mass is 32.2. The molecule has 1 aliphatic heterocycles. The number of nitrogens with zero attached hydrogens (tertiary/aromatic N) is 1. The summed E-state index contributed by atoms with van der Waals surface area (Å²) in [4.78, 5) is 26.6. The van der Waals surface area contributed by atoms with E-state index in [1.165, 1.54) is 12.3 Å². The van der Waals surface area contributed by atoms with Gasteiger partial charge in [0.2, 0.25) is 5.91 Å². The lowest BCUT2D eigenvalue weighted by molar-refractivity contribution is -0.118. The van der Waals surface area contributed by atoms with Gasteiger partial charge in [0.25, 0.3) is 0 Å². The predicted molar refractivity (Wildman–Crippen MR) is 69.9 cm³/mol. The van der Waals surface area contributed by atoms with Gasteiger partial charge in [0, 0.05) is 11.9 Å². The average Bonchev–Trinajstić information content (AvgIpc) is 2.78. The van der Waals surface area contributed by atoms with Gasteiger partial charge in [-0.15, -0.1) is 11.8 Å². The number of hydrogen-bond donors (Lipinski definition) is 2. The van der Waals surface area contributed by atoms with Crippen LogP contribution in [-0.2, 0) is 4.79 Å². The van der Waals surface area contributed by atoms with Crippen LogP contribution >= 0.6 is 11.8 Å². The van der Waals surface area contributed by atoms with Crippen LogP contribution in [0.3, 0.4) is 0 Å². The minimum Gasteiger partial charge on any atom is -0.477 e. The Hall–Kier alpha value is -1.56. The second-order valence-corrected chi connectivity index (χ2v) is 5.97. The van der Waals surface area contributed by atoms with Crippen LogP contribution in [0.25, 0.3) is 0 Å². The topological polar surface area (TPSA) is 79.3 Å². The number of pyridine rings is 1. The Morgan fingerprint density at radius 2 is 2.33 bits per heavy atom. The van der Waals surface area contributed by atoms with E-state index in [4.69, 9.17) is 5.11 Å². The summed E-state index contributed by atoms with van der Waals surface area (Å²) in [5.41, 5.74) is 0.401. The molecule has 5 nitrogen and oxygen atoms in total. The van der Waals surface area contributed by atoms with Crippen LogP contribution in [0, 0.1) is 0 Å². The highest BCUT2D eigenvalue weighted by molar-refractivity contribution is 8.01. The number of aromatic carboxylic acids is 1. The van der Waals surface area contributed by atoms with Crippen molar-refractivity contribution in [3.63, 3.8) is 0 Å². The molecule has 1 fully saturated rings. The van der Waals surface area contributed by atoms with Crippen LogP contribution in [0.1, 0.15) is 30.3 Å². The molecule has 0 aliphatic carbocycles. The zero-order valence-corrected chi connectivity index (χ0v) is 10.8. The van der Waals surface area contributed by atoms with Crippen molar-refractivity contribution < 1.29 is 14.7 Å². The maximum Gasteiger partial charge on any atom is 0.354 e. The van der Waals surface area contributed by atoms with Crippen molar-refractivity contribution in [3.8, 4) is 0 Å². The molecule has 0 bridgehead atoms. The average molecular weight is 266 g/mol. The van der Waals surface area contributed by atoms with Crippen LogP contribution in [0.5, 0.6) is 0 Å². The quantitative estimate of drug-likeness (QED) is 0.874.